The molecule has 2 aromatic rings. The molecule has 4 heteroatoms. The predicted molar refractivity (Wildman–Crippen MR) is 82.4 cm³/mol. The van der Waals surface area contributed by atoms with Crippen LogP contribution in [0.15, 0.2) is 46.9 Å². The van der Waals surface area contributed by atoms with E-state index in [0.29, 0.717) is 23.9 Å². The van der Waals surface area contributed by atoms with Crippen LogP contribution in [0.25, 0.3) is 0 Å². The molecule has 0 spiro atoms. The third kappa shape index (κ3) is 3.74. The summed E-state index contributed by atoms with van der Waals surface area (Å²) in [5.41, 5.74) is 0.727. The molecule has 3 nitrogen and oxygen atoms in total. The van der Waals surface area contributed by atoms with Gasteiger partial charge in [0.15, 0.2) is 11.5 Å². The van der Waals surface area contributed by atoms with E-state index in [2.05, 4.69) is 22.9 Å². The molecule has 20 heavy (non-hydrogen) atoms. The minimum Gasteiger partial charge on any atom is -0.490 e. The van der Waals surface area contributed by atoms with Gasteiger partial charge < -0.3 is 14.6 Å². The maximum Gasteiger partial charge on any atom is 0.169 e. The molecule has 0 aromatic heterocycles. The van der Waals surface area contributed by atoms with E-state index in [1.807, 2.05) is 42.5 Å². The van der Waals surface area contributed by atoms with Crippen LogP contribution in [0.4, 0.5) is 0 Å². The van der Waals surface area contributed by atoms with Crippen molar-refractivity contribution in [3.05, 3.63) is 52.5 Å². The number of hydrogen-bond donors (Lipinski definition) is 1. The molecule has 0 atom stereocenters. The van der Waals surface area contributed by atoms with Gasteiger partial charge in [-0.2, -0.15) is 0 Å². The summed E-state index contributed by atoms with van der Waals surface area (Å²) in [6, 6.07) is 13.1. The van der Waals surface area contributed by atoms with Crippen molar-refractivity contribution in [2.75, 3.05) is 6.61 Å². The molecular weight excluding hydrogens is 320 g/mol. The average Bonchev–Trinajstić information content (AvgIpc) is 2.48. The van der Waals surface area contributed by atoms with Crippen molar-refractivity contribution >= 4 is 15.9 Å². The van der Waals surface area contributed by atoms with Gasteiger partial charge in [-0.25, -0.2) is 0 Å². The Labute approximate surface area is 127 Å². The molecule has 2 aromatic carbocycles. The highest BCUT2D eigenvalue weighted by Crippen LogP contribution is 2.34. The molecule has 0 aliphatic rings. The van der Waals surface area contributed by atoms with Gasteiger partial charge in [-0.05, 0) is 36.8 Å². The smallest absolute Gasteiger partial charge is 0.169 e. The van der Waals surface area contributed by atoms with Gasteiger partial charge in [0.25, 0.3) is 0 Å². The van der Waals surface area contributed by atoms with Crippen molar-refractivity contribution in [1.82, 2.24) is 0 Å². The summed E-state index contributed by atoms with van der Waals surface area (Å²) in [6.07, 6.45) is 0.939. The maximum absolute atomic E-state index is 9.40. The van der Waals surface area contributed by atoms with Crippen molar-refractivity contribution < 1.29 is 14.6 Å². The number of hydrogen-bond acceptors (Lipinski definition) is 3. The zero-order chi connectivity index (χ0) is 14.4. The second-order valence-corrected chi connectivity index (χ2v) is 5.22. The topological polar surface area (TPSA) is 38.7 Å². The summed E-state index contributed by atoms with van der Waals surface area (Å²) in [7, 11) is 0. The fourth-order valence-electron chi connectivity index (χ4n) is 1.76. The number of benzene rings is 2. The quantitative estimate of drug-likeness (QED) is 0.842. The lowest BCUT2D eigenvalue weighted by Crippen LogP contribution is -1.98. The fourth-order valence-corrected chi connectivity index (χ4v) is 2.16. The van der Waals surface area contributed by atoms with Crippen LogP contribution in [0.5, 0.6) is 17.2 Å². The van der Waals surface area contributed by atoms with Crippen molar-refractivity contribution in [1.29, 1.82) is 0 Å². The maximum atomic E-state index is 9.40. The first-order valence-electron chi connectivity index (χ1n) is 6.53. The summed E-state index contributed by atoms with van der Waals surface area (Å²) in [5.74, 6) is 1.99. The Morgan fingerprint density at radius 3 is 2.50 bits per heavy atom. The number of rotatable bonds is 6. The van der Waals surface area contributed by atoms with Crippen LogP contribution in [0.3, 0.4) is 0 Å². The van der Waals surface area contributed by atoms with E-state index < -0.39 is 0 Å². The van der Waals surface area contributed by atoms with Crippen LogP contribution in [-0.2, 0) is 6.61 Å². The van der Waals surface area contributed by atoms with Crippen molar-refractivity contribution in [3.63, 3.8) is 0 Å². The summed E-state index contributed by atoms with van der Waals surface area (Å²) >= 11 is 3.38. The Kier molecular flexibility index (Phi) is 5.44. The third-order valence-electron chi connectivity index (χ3n) is 2.72. The van der Waals surface area contributed by atoms with Gasteiger partial charge in [0.2, 0.25) is 0 Å². The molecule has 0 aliphatic heterocycles. The summed E-state index contributed by atoms with van der Waals surface area (Å²) in [4.78, 5) is 0. The Morgan fingerprint density at radius 2 is 1.80 bits per heavy atom. The van der Waals surface area contributed by atoms with Gasteiger partial charge in [0, 0.05) is 10.0 Å². The molecule has 106 valence electrons. The van der Waals surface area contributed by atoms with Gasteiger partial charge in [0.05, 0.1) is 13.2 Å². The number of halogens is 1. The molecule has 0 saturated carbocycles. The lowest BCUT2D eigenvalue weighted by Gasteiger charge is -2.14. The molecule has 0 saturated heterocycles. The fraction of sp³-hybridized carbons (Fsp3) is 0.250. The van der Waals surface area contributed by atoms with Crippen LogP contribution in [0, 0.1) is 0 Å². The molecule has 0 aliphatic carbocycles. The van der Waals surface area contributed by atoms with E-state index in [-0.39, 0.29) is 6.61 Å². The lowest BCUT2D eigenvalue weighted by atomic mass is 10.2. The first-order chi connectivity index (χ1) is 9.74. The molecule has 0 bridgehead atoms. The van der Waals surface area contributed by atoms with Gasteiger partial charge in [-0.15, -0.1) is 0 Å². The minimum atomic E-state index is -0.0766. The molecule has 0 fully saturated rings. The van der Waals surface area contributed by atoms with Crippen molar-refractivity contribution in [2.24, 2.45) is 0 Å². The Balaban J connectivity index is 2.25. The first kappa shape index (κ1) is 14.9. The molecule has 2 rings (SSSR count). The van der Waals surface area contributed by atoms with Gasteiger partial charge in [0.1, 0.15) is 5.75 Å². The van der Waals surface area contributed by atoms with Crippen LogP contribution < -0.4 is 9.47 Å². The van der Waals surface area contributed by atoms with E-state index in [1.54, 1.807) is 0 Å². The molecule has 0 heterocycles. The number of aliphatic hydroxyl groups excluding tert-OH is 1. The second-order valence-electron chi connectivity index (χ2n) is 4.31. The van der Waals surface area contributed by atoms with Crippen molar-refractivity contribution in [2.45, 2.75) is 20.0 Å². The van der Waals surface area contributed by atoms with Gasteiger partial charge >= 0.3 is 0 Å². The zero-order valence-electron chi connectivity index (χ0n) is 11.3. The second kappa shape index (κ2) is 7.31. The highest BCUT2D eigenvalue weighted by atomic mass is 79.9. The summed E-state index contributed by atoms with van der Waals surface area (Å²) < 4.78 is 12.4. The number of ether oxygens (including phenoxy) is 2. The Bertz CT molecular complexity index is 569. The highest BCUT2D eigenvalue weighted by molar-refractivity contribution is 9.10. The molecule has 0 unspecified atom stereocenters. The van der Waals surface area contributed by atoms with E-state index >= 15 is 0 Å². The van der Waals surface area contributed by atoms with Crippen LogP contribution in [0.1, 0.15) is 18.9 Å². The predicted octanol–water partition coefficient (Wildman–Crippen LogP) is 4.52. The first-order valence-corrected chi connectivity index (χ1v) is 7.33. The third-order valence-corrected chi connectivity index (χ3v) is 3.22. The van der Waals surface area contributed by atoms with E-state index in [0.717, 1.165) is 16.5 Å². The molecular formula is C16H17BrO3. The SMILES string of the molecule is CCCOc1ccccc1Oc1ccc(Br)cc1CO. The Morgan fingerprint density at radius 1 is 1.05 bits per heavy atom. The monoisotopic (exact) mass is 336 g/mol. The summed E-state index contributed by atoms with van der Waals surface area (Å²) in [6.45, 7) is 2.63. The molecule has 0 radical (unpaired) electrons. The summed E-state index contributed by atoms with van der Waals surface area (Å²) in [5, 5.41) is 9.40. The molecule has 0 amide bonds. The standard InChI is InChI=1S/C16H17BrO3/c1-2-9-19-15-5-3-4-6-16(15)20-14-8-7-13(17)10-12(14)11-18/h3-8,10,18H,2,9,11H2,1H3. The van der Waals surface area contributed by atoms with Crippen LogP contribution >= 0.6 is 15.9 Å². The minimum absolute atomic E-state index is 0.0766. The van der Waals surface area contributed by atoms with E-state index in [9.17, 15) is 5.11 Å². The lowest BCUT2D eigenvalue weighted by molar-refractivity contribution is 0.273. The zero-order valence-corrected chi connectivity index (χ0v) is 12.9. The largest absolute Gasteiger partial charge is 0.490 e. The van der Waals surface area contributed by atoms with Crippen LogP contribution in [-0.4, -0.2) is 11.7 Å². The number of aliphatic hydroxyl groups is 1. The van der Waals surface area contributed by atoms with E-state index in [4.69, 9.17) is 9.47 Å². The van der Waals surface area contributed by atoms with E-state index in [1.165, 1.54) is 0 Å². The van der Waals surface area contributed by atoms with Crippen LogP contribution in [0.2, 0.25) is 0 Å². The number of para-hydroxylation sites is 2. The molecule has 1 N–H and O–H groups in total. The highest BCUT2D eigenvalue weighted by Gasteiger charge is 2.09. The average molecular weight is 337 g/mol. The van der Waals surface area contributed by atoms with Crippen molar-refractivity contribution in [3.8, 4) is 17.2 Å². The van der Waals surface area contributed by atoms with Gasteiger partial charge in [-0.1, -0.05) is 35.0 Å². The van der Waals surface area contributed by atoms with Gasteiger partial charge in [-0.3, -0.25) is 0 Å². The normalized spacial score (nSPS) is 10.3. The Hall–Kier alpha value is -1.52.